The van der Waals surface area contributed by atoms with E-state index in [0.29, 0.717) is 11.4 Å². The van der Waals surface area contributed by atoms with Crippen molar-refractivity contribution in [2.24, 2.45) is 5.92 Å². The molecule has 0 amide bonds. The minimum Gasteiger partial charge on any atom is -0.299 e. The minimum atomic E-state index is -0.0571. The van der Waals surface area contributed by atoms with Gasteiger partial charge in [-0.1, -0.05) is 29.8 Å². The summed E-state index contributed by atoms with van der Waals surface area (Å²) in [7, 11) is 0. The average Bonchev–Trinajstić information content (AvgIpc) is 2.30. The second-order valence-corrected chi connectivity index (χ2v) is 4.59. The average molecular weight is 233 g/mol. The van der Waals surface area contributed by atoms with Crippen molar-refractivity contribution in [3.63, 3.8) is 0 Å². The molecule has 0 radical (unpaired) electrons. The zero-order valence-corrected chi connectivity index (χ0v) is 9.70. The van der Waals surface area contributed by atoms with Crippen molar-refractivity contribution >= 4 is 17.4 Å². The Morgan fingerprint density at radius 2 is 2.06 bits per heavy atom. The van der Waals surface area contributed by atoms with Crippen LogP contribution < -0.4 is 0 Å². The molecule has 1 saturated carbocycles. The highest BCUT2D eigenvalue weighted by molar-refractivity contribution is 6.31. The number of benzene rings is 1. The second kappa shape index (κ2) is 4.72. The van der Waals surface area contributed by atoms with Crippen LogP contribution in [0.25, 0.3) is 0 Å². The zero-order valence-electron chi connectivity index (χ0n) is 8.95. The molecule has 1 nitrogen and oxygen atoms in total. The number of halogens is 1. The Hall–Kier alpha value is -1.26. The molecule has 0 aromatic heterocycles. The quantitative estimate of drug-likeness (QED) is 0.678. The van der Waals surface area contributed by atoms with Gasteiger partial charge in [-0.05, 0) is 24.5 Å². The maximum atomic E-state index is 12.0. The van der Waals surface area contributed by atoms with Crippen LogP contribution in [0.1, 0.15) is 30.7 Å². The molecule has 1 aliphatic rings. The SMILES string of the molecule is C#CC1CCC(c2ccccc2Cl)C(=O)C1. The van der Waals surface area contributed by atoms with Crippen molar-refractivity contribution in [1.82, 2.24) is 0 Å². The second-order valence-electron chi connectivity index (χ2n) is 4.19. The molecule has 0 spiro atoms. The van der Waals surface area contributed by atoms with E-state index in [9.17, 15) is 4.79 Å². The van der Waals surface area contributed by atoms with Crippen LogP contribution in [-0.4, -0.2) is 5.78 Å². The van der Waals surface area contributed by atoms with Crippen molar-refractivity contribution in [1.29, 1.82) is 0 Å². The fourth-order valence-corrected chi connectivity index (χ4v) is 2.51. The number of hydrogen-bond acceptors (Lipinski definition) is 1. The largest absolute Gasteiger partial charge is 0.299 e. The van der Waals surface area contributed by atoms with Crippen molar-refractivity contribution < 1.29 is 4.79 Å². The van der Waals surface area contributed by atoms with Gasteiger partial charge in [0.25, 0.3) is 0 Å². The van der Waals surface area contributed by atoms with Crippen LogP contribution in [0.15, 0.2) is 24.3 Å². The van der Waals surface area contributed by atoms with E-state index in [0.717, 1.165) is 18.4 Å². The van der Waals surface area contributed by atoms with Crippen molar-refractivity contribution in [2.75, 3.05) is 0 Å². The standard InChI is InChI=1S/C14H13ClO/c1-2-10-7-8-12(14(16)9-10)11-5-3-4-6-13(11)15/h1,3-6,10,12H,7-9H2. The van der Waals surface area contributed by atoms with Gasteiger partial charge in [0.1, 0.15) is 5.78 Å². The lowest BCUT2D eigenvalue weighted by Crippen LogP contribution is -2.22. The summed E-state index contributed by atoms with van der Waals surface area (Å²) in [4.78, 5) is 12.0. The Balaban J connectivity index is 2.22. The van der Waals surface area contributed by atoms with Crippen molar-refractivity contribution in [3.05, 3.63) is 34.9 Å². The van der Waals surface area contributed by atoms with Crippen LogP contribution in [-0.2, 0) is 4.79 Å². The van der Waals surface area contributed by atoms with E-state index >= 15 is 0 Å². The molecule has 0 bridgehead atoms. The molecule has 0 heterocycles. The van der Waals surface area contributed by atoms with E-state index in [2.05, 4.69) is 5.92 Å². The molecular weight excluding hydrogens is 220 g/mol. The van der Waals surface area contributed by atoms with Crippen molar-refractivity contribution in [2.45, 2.75) is 25.2 Å². The molecule has 2 heteroatoms. The van der Waals surface area contributed by atoms with E-state index in [1.165, 1.54) is 0 Å². The number of ketones is 1. The van der Waals surface area contributed by atoms with Gasteiger partial charge in [-0.2, -0.15) is 0 Å². The first kappa shape index (κ1) is 11.2. The number of Topliss-reactive ketones (excluding diaryl/α,β-unsaturated/α-hetero) is 1. The Bertz CT molecular complexity index is 444. The van der Waals surface area contributed by atoms with Crippen LogP contribution in [0.4, 0.5) is 0 Å². The Labute approximate surface area is 101 Å². The van der Waals surface area contributed by atoms with Gasteiger partial charge in [0.05, 0.1) is 0 Å². The van der Waals surface area contributed by atoms with Gasteiger partial charge in [0.15, 0.2) is 0 Å². The summed E-state index contributed by atoms with van der Waals surface area (Å²) in [5, 5.41) is 0.681. The van der Waals surface area contributed by atoms with Gasteiger partial charge in [-0.15, -0.1) is 12.3 Å². The van der Waals surface area contributed by atoms with Crippen LogP contribution in [0.2, 0.25) is 5.02 Å². The molecule has 16 heavy (non-hydrogen) atoms. The predicted octanol–water partition coefficient (Wildman–Crippen LogP) is 3.43. The molecule has 1 aliphatic carbocycles. The summed E-state index contributed by atoms with van der Waals surface area (Å²) in [5.41, 5.74) is 0.949. The van der Waals surface area contributed by atoms with Gasteiger partial charge in [0, 0.05) is 23.3 Å². The summed E-state index contributed by atoms with van der Waals surface area (Å²) < 4.78 is 0. The fraction of sp³-hybridized carbons (Fsp3) is 0.357. The Morgan fingerprint density at radius 1 is 1.31 bits per heavy atom. The zero-order chi connectivity index (χ0) is 11.5. The van der Waals surface area contributed by atoms with Gasteiger partial charge < -0.3 is 0 Å². The van der Waals surface area contributed by atoms with Crippen LogP contribution in [0.3, 0.4) is 0 Å². The molecule has 0 saturated heterocycles. The number of hydrogen-bond donors (Lipinski definition) is 0. The predicted molar refractivity (Wildman–Crippen MR) is 65.4 cm³/mol. The molecule has 0 N–H and O–H groups in total. The number of rotatable bonds is 1. The first-order valence-corrected chi connectivity index (χ1v) is 5.83. The van der Waals surface area contributed by atoms with Crippen LogP contribution in [0.5, 0.6) is 0 Å². The number of carbonyl (C=O) groups is 1. The third kappa shape index (κ3) is 2.13. The molecule has 82 valence electrons. The first-order chi connectivity index (χ1) is 7.72. The maximum Gasteiger partial charge on any atom is 0.141 e. The third-order valence-corrected chi connectivity index (χ3v) is 3.50. The number of carbonyl (C=O) groups excluding carboxylic acids is 1. The molecule has 1 aromatic rings. The molecule has 2 rings (SSSR count). The van der Waals surface area contributed by atoms with E-state index < -0.39 is 0 Å². The molecule has 2 atom stereocenters. The smallest absolute Gasteiger partial charge is 0.141 e. The molecule has 0 aliphatic heterocycles. The highest BCUT2D eigenvalue weighted by atomic mass is 35.5. The van der Waals surface area contributed by atoms with E-state index in [4.69, 9.17) is 18.0 Å². The number of terminal acetylenes is 1. The summed E-state index contributed by atoms with van der Waals surface area (Å²) in [5.74, 6) is 2.95. The Kier molecular flexibility index (Phi) is 3.31. The molecular formula is C14H13ClO. The normalized spacial score (nSPS) is 25.1. The van der Waals surface area contributed by atoms with Crippen LogP contribution in [0, 0.1) is 18.3 Å². The molecule has 1 fully saturated rings. The van der Waals surface area contributed by atoms with Crippen molar-refractivity contribution in [3.8, 4) is 12.3 Å². The highest BCUT2D eigenvalue weighted by Crippen LogP contribution is 2.35. The summed E-state index contributed by atoms with van der Waals surface area (Å²) in [6, 6.07) is 7.56. The third-order valence-electron chi connectivity index (χ3n) is 3.16. The van der Waals surface area contributed by atoms with E-state index in [1.807, 2.05) is 24.3 Å². The van der Waals surface area contributed by atoms with E-state index in [-0.39, 0.29) is 17.6 Å². The Morgan fingerprint density at radius 3 is 2.69 bits per heavy atom. The summed E-state index contributed by atoms with van der Waals surface area (Å²) in [6.45, 7) is 0. The monoisotopic (exact) mass is 232 g/mol. The molecule has 2 unspecified atom stereocenters. The molecule has 1 aromatic carbocycles. The minimum absolute atomic E-state index is 0.0571. The lowest BCUT2D eigenvalue weighted by Gasteiger charge is -2.25. The van der Waals surface area contributed by atoms with Gasteiger partial charge in [-0.25, -0.2) is 0 Å². The van der Waals surface area contributed by atoms with Gasteiger partial charge in [-0.3, -0.25) is 4.79 Å². The van der Waals surface area contributed by atoms with Gasteiger partial charge >= 0.3 is 0 Å². The summed E-state index contributed by atoms with van der Waals surface area (Å²) in [6.07, 6.45) is 7.58. The highest BCUT2D eigenvalue weighted by Gasteiger charge is 2.29. The topological polar surface area (TPSA) is 17.1 Å². The van der Waals surface area contributed by atoms with Crippen LogP contribution >= 0.6 is 11.6 Å². The summed E-state index contributed by atoms with van der Waals surface area (Å²) >= 11 is 6.10. The lowest BCUT2D eigenvalue weighted by atomic mass is 9.78. The van der Waals surface area contributed by atoms with E-state index in [1.54, 1.807) is 0 Å². The first-order valence-electron chi connectivity index (χ1n) is 5.45. The lowest BCUT2D eigenvalue weighted by molar-refractivity contribution is -0.122. The maximum absolute atomic E-state index is 12.0. The van der Waals surface area contributed by atoms with Gasteiger partial charge in [0.2, 0.25) is 0 Å². The fourth-order valence-electron chi connectivity index (χ4n) is 2.24.